The number of hydrogen-bond donors (Lipinski definition) is 0. The first kappa shape index (κ1) is 14.0. The van der Waals surface area contributed by atoms with Gasteiger partial charge in [-0.25, -0.2) is 0 Å². The molecule has 0 saturated heterocycles. The third-order valence-electron chi connectivity index (χ3n) is 3.89. The minimum Gasteiger partial charge on any atom is -0.196 e. The molecular formula is C18H26N+. The minimum atomic E-state index is 1.15. The molecule has 0 N–H and O–H groups in total. The van der Waals surface area contributed by atoms with E-state index in [0.717, 1.165) is 6.54 Å². The molecule has 2 aromatic rings. The second-order valence-electron chi connectivity index (χ2n) is 5.60. The van der Waals surface area contributed by atoms with Crippen molar-refractivity contribution in [3.63, 3.8) is 0 Å². The van der Waals surface area contributed by atoms with E-state index in [1.165, 1.54) is 54.3 Å². The molecule has 0 amide bonds. The number of hydrogen-bond acceptors (Lipinski definition) is 0. The van der Waals surface area contributed by atoms with Crippen LogP contribution in [0.1, 0.15) is 50.3 Å². The summed E-state index contributed by atoms with van der Waals surface area (Å²) in [5, 5.41) is 1.36. The van der Waals surface area contributed by atoms with E-state index in [4.69, 9.17) is 0 Å². The van der Waals surface area contributed by atoms with E-state index in [0.29, 0.717) is 0 Å². The van der Waals surface area contributed by atoms with Crippen molar-refractivity contribution in [2.75, 3.05) is 0 Å². The van der Waals surface area contributed by atoms with Crippen LogP contribution in [-0.2, 0) is 6.54 Å². The van der Waals surface area contributed by atoms with Crippen molar-refractivity contribution in [3.05, 3.63) is 41.6 Å². The fraction of sp³-hybridized carbons (Fsp3) is 0.500. The summed E-state index contributed by atoms with van der Waals surface area (Å²) in [6.07, 6.45) is 6.71. The lowest BCUT2D eigenvalue weighted by atomic mass is 10.1. The highest BCUT2D eigenvalue weighted by Crippen LogP contribution is 2.13. The Morgan fingerprint density at radius 2 is 1.68 bits per heavy atom. The second-order valence-corrected chi connectivity index (χ2v) is 5.60. The number of rotatable bonds is 6. The quantitative estimate of drug-likeness (QED) is 0.520. The van der Waals surface area contributed by atoms with E-state index in [-0.39, 0.29) is 0 Å². The first-order valence-corrected chi connectivity index (χ1v) is 7.62. The van der Waals surface area contributed by atoms with Gasteiger partial charge in [0, 0.05) is 30.9 Å². The molecular weight excluding hydrogens is 230 g/mol. The minimum absolute atomic E-state index is 1.15. The van der Waals surface area contributed by atoms with Gasteiger partial charge in [0.25, 0.3) is 0 Å². The van der Waals surface area contributed by atoms with Crippen LogP contribution in [0.3, 0.4) is 0 Å². The predicted octanol–water partition coefficient (Wildman–Crippen LogP) is 4.71. The molecule has 0 bridgehead atoms. The van der Waals surface area contributed by atoms with E-state index >= 15 is 0 Å². The lowest BCUT2D eigenvalue weighted by molar-refractivity contribution is -0.677. The highest BCUT2D eigenvalue weighted by molar-refractivity contribution is 5.76. The van der Waals surface area contributed by atoms with Gasteiger partial charge in [0.15, 0.2) is 5.69 Å². The van der Waals surface area contributed by atoms with E-state index in [1.807, 2.05) is 0 Å². The molecule has 19 heavy (non-hydrogen) atoms. The molecule has 0 aliphatic heterocycles. The van der Waals surface area contributed by atoms with Gasteiger partial charge in [-0.3, -0.25) is 0 Å². The third kappa shape index (κ3) is 3.56. The summed E-state index contributed by atoms with van der Waals surface area (Å²) in [4.78, 5) is 0. The van der Waals surface area contributed by atoms with Gasteiger partial charge in [0.2, 0.25) is 5.52 Å². The fourth-order valence-corrected chi connectivity index (χ4v) is 2.71. The molecule has 1 aromatic heterocycles. The smallest absolute Gasteiger partial charge is 0.196 e. The van der Waals surface area contributed by atoms with Crippen LogP contribution in [0.2, 0.25) is 0 Å². The molecule has 0 aliphatic carbocycles. The van der Waals surface area contributed by atoms with Crippen LogP contribution in [-0.4, -0.2) is 0 Å². The summed E-state index contributed by atoms with van der Waals surface area (Å²) in [6.45, 7) is 7.79. The van der Waals surface area contributed by atoms with Gasteiger partial charge in [0.1, 0.15) is 6.54 Å². The Balaban J connectivity index is 2.14. The molecule has 1 heteroatoms. The number of pyridine rings is 1. The van der Waals surface area contributed by atoms with Crippen LogP contribution < -0.4 is 4.57 Å². The average Bonchev–Trinajstić information content (AvgIpc) is 2.41. The average molecular weight is 256 g/mol. The topological polar surface area (TPSA) is 3.88 Å². The van der Waals surface area contributed by atoms with Crippen LogP contribution in [0.15, 0.2) is 30.3 Å². The monoisotopic (exact) mass is 256 g/mol. The zero-order valence-corrected chi connectivity index (χ0v) is 12.6. The first-order chi connectivity index (χ1) is 9.22. The van der Waals surface area contributed by atoms with Gasteiger partial charge < -0.3 is 0 Å². The molecule has 0 fully saturated rings. The van der Waals surface area contributed by atoms with E-state index in [1.54, 1.807) is 0 Å². The van der Waals surface area contributed by atoms with Crippen LogP contribution in [0.25, 0.3) is 10.9 Å². The number of benzene rings is 1. The van der Waals surface area contributed by atoms with Crippen molar-refractivity contribution in [3.8, 4) is 0 Å². The highest BCUT2D eigenvalue weighted by atomic mass is 15.0. The van der Waals surface area contributed by atoms with Gasteiger partial charge in [-0.05, 0) is 25.5 Å². The van der Waals surface area contributed by atoms with Gasteiger partial charge >= 0.3 is 0 Å². The van der Waals surface area contributed by atoms with Crippen molar-refractivity contribution in [2.24, 2.45) is 0 Å². The number of aromatic nitrogens is 1. The molecule has 0 unspecified atom stereocenters. The summed E-state index contributed by atoms with van der Waals surface area (Å²) >= 11 is 0. The molecule has 1 heterocycles. The van der Waals surface area contributed by atoms with E-state index < -0.39 is 0 Å². The van der Waals surface area contributed by atoms with Crippen molar-refractivity contribution in [2.45, 2.75) is 59.4 Å². The van der Waals surface area contributed by atoms with Crippen molar-refractivity contribution >= 4 is 10.9 Å². The Morgan fingerprint density at radius 3 is 2.47 bits per heavy atom. The highest BCUT2D eigenvalue weighted by Gasteiger charge is 2.11. The largest absolute Gasteiger partial charge is 0.212 e. The molecule has 0 radical (unpaired) electrons. The van der Waals surface area contributed by atoms with Crippen molar-refractivity contribution < 1.29 is 4.57 Å². The molecule has 0 aliphatic rings. The lowest BCUT2D eigenvalue weighted by Gasteiger charge is -2.05. The SMILES string of the molecule is CCCCCCC[n+]1c(C)ccc2cc(C)ccc21. The summed E-state index contributed by atoms with van der Waals surface area (Å²) < 4.78 is 2.47. The zero-order valence-electron chi connectivity index (χ0n) is 12.6. The van der Waals surface area contributed by atoms with Gasteiger partial charge in [-0.1, -0.05) is 37.8 Å². The third-order valence-corrected chi connectivity index (χ3v) is 3.89. The van der Waals surface area contributed by atoms with Crippen LogP contribution in [0.4, 0.5) is 0 Å². The maximum atomic E-state index is 2.47. The second kappa shape index (κ2) is 6.70. The Morgan fingerprint density at radius 1 is 0.895 bits per heavy atom. The number of aryl methyl sites for hydroxylation is 3. The van der Waals surface area contributed by atoms with E-state index in [2.05, 4.69) is 55.7 Å². The summed E-state index contributed by atoms with van der Waals surface area (Å²) in [5.74, 6) is 0. The first-order valence-electron chi connectivity index (χ1n) is 7.62. The molecule has 0 spiro atoms. The van der Waals surface area contributed by atoms with E-state index in [9.17, 15) is 0 Å². The number of nitrogens with zero attached hydrogens (tertiary/aromatic N) is 1. The molecule has 1 nitrogen and oxygen atoms in total. The molecule has 102 valence electrons. The van der Waals surface area contributed by atoms with Gasteiger partial charge in [0.05, 0.1) is 0 Å². The van der Waals surface area contributed by atoms with Crippen LogP contribution in [0.5, 0.6) is 0 Å². The summed E-state index contributed by atoms with van der Waals surface area (Å²) in [6, 6.07) is 11.3. The standard InChI is InChI=1S/C18H26N/c1-4-5-6-7-8-13-19-16(3)10-11-17-14-15(2)9-12-18(17)19/h9-12,14H,4-8,13H2,1-3H3/q+1. The Kier molecular flexibility index (Phi) is 4.95. The molecule has 2 rings (SSSR count). The molecule has 0 saturated carbocycles. The van der Waals surface area contributed by atoms with Crippen LogP contribution in [0, 0.1) is 13.8 Å². The Bertz CT molecular complexity index is 543. The van der Waals surface area contributed by atoms with Gasteiger partial charge in [-0.15, -0.1) is 0 Å². The molecule has 1 aromatic carbocycles. The summed E-state index contributed by atoms with van der Waals surface area (Å²) in [5.41, 5.74) is 4.08. The maximum absolute atomic E-state index is 2.47. The number of fused-ring (bicyclic) bond motifs is 1. The van der Waals surface area contributed by atoms with Crippen LogP contribution >= 0.6 is 0 Å². The summed E-state index contributed by atoms with van der Waals surface area (Å²) in [7, 11) is 0. The maximum Gasteiger partial charge on any atom is 0.212 e. The van der Waals surface area contributed by atoms with Crippen molar-refractivity contribution in [1.29, 1.82) is 0 Å². The molecule has 0 atom stereocenters. The van der Waals surface area contributed by atoms with Crippen molar-refractivity contribution in [1.82, 2.24) is 0 Å². The van der Waals surface area contributed by atoms with Gasteiger partial charge in [-0.2, -0.15) is 4.57 Å². The lowest BCUT2D eigenvalue weighted by Crippen LogP contribution is -2.37. The normalized spacial score (nSPS) is 11.1. The predicted molar refractivity (Wildman–Crippen MR) is 82.4 cm³/mol. The Labute approximate surface area is 117 Å². The zero-order chi connectivity index (χ0) is 13.7. The fourth-order valence-electron chi connectivity index (χ4n) is 2.71. The number of unbranched alkanes of at least 4 members (excludes halogenated alkanes) is 4. The Hall–Kier alpha value is -1.37.